The molecular formula is C28H33F3N4O2. The third-order valence-corrected chi connectivity index (χ3v) is 6.45. The maximum Gasteiger partial charge on any atom is 0.416 e. The number of nitrogens with zero attached hydrogens (tertiary/aromatic N) is 2. The highest BCUT2D eigenvalue weighted by molar-refractivity contribution is 5.92. The number of anilines is 2. The highest BCUT2D eigenvalue weighted by Crippen LogP contribution is 2.31. The first-order valence-electron chi connectivity index (χ1n) is 12.5. The Balaban J connectivity index is 1.81. The molecule has 0 unspecified atom stereocenters. The van der Waals surface area contributed by atoms with Crippen molar-refractivity contribution in [3.05, 3.63) is 59.7 Å². The van der Waals surface area contributed by atoms with E-state index in [1.54, 1.807) is 24.0 Å². The van der Waals surface area contributed by atoms with E-state index in [0.29, 0.717) is 18.5 Å². The second kappa shape index (κ2) is 13.2. The molecule has 2 N–H and O–H groups in total. The fourth-order valence-electron chi connectivity index (χ4n) is 4.40. The van der Waals surface area contributed by atoms with Crippen molar-refractivity contribution in [3.63, 3.8) is 0 Å². The number of alkyl halides is 3. The summed E-state index contributed by atoms with van der Waals surface area (Å²) in [6.07, 6.45) is 4.21. The Labute approximate surface area is 216 Å². The van der Waals surface area contributed by atoms with Gasteiger partial charge in [0.25, 0.3) is 0 Å². The highest BCUT2D eigenvalue weighted by Gasteiger charge is 2.32. The number of likely N-dealkylation sites (tertiary alicyclic amines) is 1. The minimum atomic E-state index is -4.51. The molecule has 1 fully saturated rings. The van der Waals surface area contributed by atoms with Gasteiger partial charge in [-0.2, -0.15) is 13.2 Å². The van der Waals surface area contributed by atoms with Gasteiger partial charge < -0.3 is 20.4 Å². The van der Waals surface area contributed by atoms with Gasteiger partial charge in [-0.1, -0.05) is 31.2 Å². The van der Waals surface area contributed by atoms with Crippen molar-refractivity contribution in [2.45, 2.75) is 57.8 Å². The van der Waals surface area contributed by atoms with Crippen molar-refractivity contribution in [3.8, 4) is 12.3 Å². The van der Waals surface area contributed by atoms with Gasteiger partial charge in [0.1, 0.15) is 0 Å². The molecule has 3 rings (SSSR count). The number of rotatable bonds is 9. The molecule has 2 aromatic rings. The number of nitrogens with one attached hydrogen (secondary N) is 2. The van der Waals surface area contributed by atoms with Crippen LogP contribution in [0.1, 0.15) is 50.2 Å². The van der Waals surface area contributed by atoms with Gasteiger partial charge in [0.05, 0.1) is 5.56 Å². The maximum atomic E-state index is 13.5. The molecule has 37 heavy (non-hydrogen) atoms. The fraction of sp³-hybridized carbons (Fsp3) is 0.429. The Morgan fingerprint density at radius 1 is 1.11 bits per heavy atom. The van der Waals surface area contributed by atoms with Crippen molar-refractivity contribution in [2.75, 3.05) is 30.3 Å². The Kier molecular flexibility index (Phi) is 9.98. The van der Waals surface area contributed by atoms with Crippen molar-refractivity contribution in [1.29, 1.82) is 0 Å². The number of carbonyl (C=O) groups is 2. The lowest BCUT2D eigenvalue weighted by Gasteiger charge is -2.39. The van der Waals surface area contributed by atoms with Crippen LogP contribution in [0, 0.1) is 12.3 Å². The maximum absolute atomic E-state index is 13.5. The van der Waals surface area contributed by atoms with Gasteiger partial charge in [-0.15, -0.1) is 12.3 Å². The SMILES string of the molecule is C#CCCCN1CCC(N(Cc2ccccc2NC(=O)CC)C(=O)Nc2cccc(C(F)(F)F)c2)CC1. The van der Waals surface area contributed by atoms with E-state index in [1.165, 1.54) is 12.1 Å². The van der Waals surface area contributed by atoms with Crippen LogP contribution in [0.25, 0.3) is 0 Å². The first-order chi connectivity index (χ1) is 17.7. The van der Waals surface area contributed by atoms with Crippen molar-refractivity contribution >= 4 is 23.3 Å². The molecular weight excluding hydrogens is 481 g/mol. The van der Waals surface area contributed by atoms with Crippen LogP contribution in [0.3, 0.4) is 0 Å². The van der Waals surface area contributed by atoms with Crippen LogP contribution in [0.2, 0.25) is 0 Å². The van der Waals surface area contributed by atoms with Crippen LogP contribution in [-0.4, -0.2) is 47.4 Å². The molecule has 0 spiro atoms. The molecule has 0 aromatic heterocycles. The molecule has 0 saturated carbocycles. The number of hydrogen-bond acceptors (Lipinski definition) is 3. The number of terminal acetylenes is 1. The monoisotopic (exact) mass is 514 g/mol. The van der Waals surface area contributed by atoms with Gasteiger partial charge >= 0.3 is 12.2 Å². The fourth-order valence-corrected chi connectivity index (χ4v) is 4.40. The van der Waals surface area contributed by atoms with E-state index in [4.69, 9.17) is 6.42 Å². The number of hydrogen-bond donors (Lipinski definition) is 2. The molecule has 2 aromatic carbocycles. The van der Waals surface area contributed by atoms with Crippen LogP contribution in [0.15, 0.2) is 48.5 Å². The Hall–Kier alpha value is -3.51. The van der Waals surface area contributed by atoms with E-state index in [1.807, 2.05) is 12.1 Å². The molecule has 1 heterocycles. The van der Waals surface area contributed by atoms with Crippen LogP contribution >= 0.6 is 0 Å². The summed E-state index contributed by atoms with van der Waals surface area (Å²) in [6, 6.07) is 11.2. The topological polar surface area (TPSA) is 64.7 Å². The summed E-state index contributed by atoms with van der Waals surface area (Å²) in [5, 5.41) is 5.53. The van der Waals surface area contributed by atoms with E-state index >= 15 is 0 Å². The quantitative estimate of drug-likeness (QED) is 0.320. The van der Waals surface area contributed by atoms with Crippen LogP contribution in [-0.2, 0) is 17.5 Å². The number of amides is 3. The molecule has 0 aliphatic carbocycles. The number of unbranched alkanes of at least 4 members (excludes halogenated alkanes) is 1. The second-order valence-electron chi connectivity index (χ2n) is 9.08. The van der Waals surface area contributed by atoms with E-state index in [2.05, 4.69) is 21.5 Å². The predicted octanol–water partition coefficient (Wildman–Crippen LogP) is 5.97. The van der Waals surface area contributed by atoms with Crippen molar-refractivity contribution in [1.82, 2.24) is 9.80 Å². The van der Waals surface area contributed by atoms with Crippen molar-refractivity contribution in [2.24, 2.45) is 0 Å². The minimum absolute atomic E-state index is 0.0733. The first kappa shape index (κ1) is 28.1. The van der Waals surface area contributed by atoms with Gasteiger partial charge in [-0.25, -0.2) is 4.79 Å². The first-order valence-corrected chi connectivity index (χ1v) is 12.5. The largest absolute Gasteiger partial charge is 0.416 e. The van der Waals surface area contributed by atoms with Crippen molar-refractivity contribution < 1.29 is 22.8 Å². The summed E-state index contributed by atoms with van der Waals surface area (Å²) < 4.78 is 39.6. The third kappa shape index (κ3) is 8.25. The zero-order valence-corrected chi connectivity index (χ0v) is 21.0. The molecule has 1 saturated heterocycles. The van der Waals surface area contributed by atoms with Crippen LogP contribution < -0.4 is 10.6 Å². The molecule has 1 aliphatic rings. The Morgan fingerprint density at radius 2 is 1.84 bits per heavy atom. The number of piperidine rings is 1. The lowest BCUT2D eigenvalue weighted by atomic mass is 10.0. The minimum Gasteiger partial charge on any atom is -0.326 e. The Morgan fingerprint density at radius 3 is 2.51 bits per heavy atom. The lowest BCUT2D eigenvalue weighted by molar-refractivity contribution is -0.137. The average molecular weight is 515 g/mol. The highest BCUT2D eigenvalue weighted by atomic mass is 19.4. The lowest BCUT2D eigenvalue weighted by Crippen LogP contribution is -2.48. The number of carbonyl (C=O) groups excluding carboxylic acids is 2. The van der Waals surface area contributed by atoms with Gasteiger partial charge in [0.2, 0.25) is 5.91 Å². The summed E-state index contributed by atoms with van der Waals surface area (Å²) in [5.41, 5.74) is 0.603. The number of para-hydroxylation sites is 1. The van der Waals surface area contributed by atoms with E-state index in [-0.39, 0.29) is 24.2 Å². The molecule has 3 amide bonds. The van der Waals surface area contributed by atoms with E-state index in [0.717, 1.165) is 56.6 Å². The van der Waals surface area contributed by atoms with Crippen LogP contribution in [0.4, 0.5) is 29.3 Å². The average Bonchev–Trinajstić information content (AvgIpc) is 2.88. The number of benzene rings is 2. The molecule has 198 valence electrons. The summed E-state index contributed by atoms with van der Waals surface area (Å²) >= 11 is 0. The predicted molar refractivity (Wildman–Crippen MR) is 139 cm³/mol. The second-order valence-corrected chi connectivity index (χ2v) is 9.08. The Bertz CT molecular complexity index is 1110. The van der Waals surface area contributed by atoms with Gasteiger partial charge in [0, 0.05) is 49.9 Å². The summed E-state index contributed by atoms with van der Waals surface area (Å²) in [4.78, 5) is 29.5. The number of urea groups is 1. The van der Waals surface area contributed by atoms with Gasteiger partial charge in [-0.3, -0.25) is 4.79 Å². The zero-order valence-electron chi connectivity index (χ0n) is 21.0. The summed E-state index contributed by atoms with van der Waals surface area (Å²) in [5.74, 6) is 2.50. The van der Waals surface area contributed by atoms with Gasteiger partial charge in [0.15, 0.2) is 0 Å². The molecule has 9 heteroatoms. The molecule has 1 aliphatic heterocycles. The smallest absolute Gasteiger partial charge is 0.326 e. The van der Waals surface area contributed by atoms with E-state index in [9.17, 15) is 22.8 Å². The molecule has 0 atom stereocenters. The zero-order chi connectivity index (χ0) is 26.8. The van der Waals surface area contributed by atoms with Crippen LogP contribution in [0.5, 0.6) is 0 Å². The summed E-state index contributed by atoms with van der Waals surface area (Å²) in [6.45, 7) is 4.42. The molecule has 0 bridgehead atoms. The number of halogens is 3. The summed E-state index contributed by atoms with van der Waals surface area (Å²) in [7, 11) is 0. The molecule has 0 radical (unpaired) electrons. The van der Waals surface area contributed by atoms with E-state index < -0.39 is 17.8 Å². The standard InChI is InChI=1S/C28H33F3N4O2/c1-3-5-8-16-34-17-14-24(15-18-34)35(20-21-10-6-7-13-25(21)33-26(36)4-2)27(37)32-23-12-9-11-22(19-23)28(29,30)31/h1,6-7,9-13,19,24H,4-5,8,14-18,20H2,2H3,(H,32,37)(H,33,36). The third-order valence-electron chi connectivity index (χ3n) is 6.45. The van der Waals surface area contributed by atoms with Gasteiger partial charge in [-0.05, 0) is 55.6 Å². The normalized spacial score (nSPS) is 14.6. The molecule has 6 nitrogen and oxygen atoms in total.